The molecular weight excluding hydrogens is 339 g/mol. The second-order valence-corrected chi connectivity index (χ2v) is 6.41. The summed E-state index contributed by atoms with van der Waals surface area (Å²) in [6.07, 6.45) is 2.82. The molecule has 5 heteroatoms. The van der Waals surface area contributed by atoms with E-state index in [4.69, 9.17) is 4.98 Å². The van der Waals surface area contributed by atoms with Crippen LogP contribution in [0.2, 0.25) is 0 Å². The second kappa shape index (κ2) is 7.11. The van der Waals surface area contributed by atoms with Crippen molar-refractivity contribution in [3.05, 3.63) is 83.8 Å². The number of nitrogens with zero attached hydrogens (tertiary/aromatic N) is 4. The molecule has 0 saturated heterocycles. The molecule has 4 rings (SSSR count). The van der Waals surface area contributed by atoms with Crippen molar-refractivity contribution < 1.29 is 4.39 Å². The number of hydrogen-bond acceptors (Lipinski definition) is 3. The van der Waals surface area contributed by atoms with Crippen LogP contribution < -0.4 is 0 Å². The highest BCUT2D eigenvalue weighted by atomic mass is 19.1. The van der Waals surface area contributed by atoms with E-state index in [1.807, 2.05) is 53.9 Å². The van der Waals surface area contributed by atoms with Gasteiger partial charge < -0.3 is 0 Å². The van der Waals surface area contributed by atoms with Crippen LogP contribution >= 0.6 is 0 Å². The Hall–Kier alpha value is -3.34. The molecule has 4 nitrogen and oxygen atoms in total. The number of aromatic nitrogens is 2. The van der Waals surface area contributed by atoms with Gasteiger partial charge in [0.1, 0.15) is 17.2 Å². The lowest BCUT2D eigenvalue weighted by Crippen LogP contribution is -1.84. The molecule has 0 aliphatic carbocycles. The maximum Gasteiger partial charge on any atom is 0.187 e. The third-order valence-corrected chi connectivity index (χ3v) is 4.50. The van der Waals surface area contributed by atoms with E-state index in [9.17, 15) is 4.39 Å². The van der Waals surface area contributed by atoms with Crippen molar-refractivity contribution in [2.45, 2.75) is 20.3 Å². The Balaban J connectivity index is 1.88. The van der Waals surface area contributed by atoms with Crippen LogP contribution in [-0.4, -0.2) is 9.38 Å². The monoisotopic (exact) mass is 358 g/mol. The molecule has 0 aliphatic heterocycles. The number of fused-ring (bicyclic) bond motifs is 1. The van der Waals surface area contributed by atoms with E-state index in [2.05, 4.69) is 17.2 Å². The lowest BCUT2D eigenvalue weighted by atomic mass is 10.1. The molecule has 0 amide bonds. The minimum absolute atomic E-state index is 0.279. The summed E-state index contributed by atoms with van der Waals surface area (Å²) in [6.45, 7) is 4.11. The summed E-state index contributed by atoms with van der Waals surface area (Å²) in [5.74, 6) is 0.348. The van der Waals surface area contributed by atoms with Gasteiger partial charge in [-0.25, -0.2) is 9.37 Å². The first kappa shape index (κ1) is 17.1. The quantitative estimate of drug-likeness (QED) is 0.388. The van der Waals surface area contributed by atoms with Crippen molar-refractivity contribution in [3.8, 4) is 11.3 Å². The summed E-state index contributed by atoms with van der Waals surface area (Å²) < 4.78 is 15.3. The number of halogens is 1. The van der Waals surface area contributed by atoms with Crippen LogP contribution in [0.15, 0.2) is 77.1 Å². The summed E-state index contributed by atoms with van der Waals surface area (Å²) in [7, 11) is 0. The number of benzene rings is 2. The van der Waals surface area contributed by atoms with Crippen LogP contribution in [0.5, 0.6) is 0 Å². The molecule has 0 unspecified atom stereocenters. The summed E-state index contributed by atoms with van der Waals surface area (Å²) in [6, 6.07) is 18.2. The largest absolute Gasteiger partial charge is 0.283 e. The van der Waals surface area contributed by atoms with E-state index >= 15 is 0 Å². The predicted octanol–water partition coefficient (Wildman–Crippen LogP) is 6.43. The van der Waals surface area contributed by atoms with Crippen molar-refractivity contribution in [1.29, 1.82) is 0 Å². The van der Waals surface area contributed by atoms with Gasteiger partial charge in [-0.3, -0.25) is 4.40 Å². The first-order chi connectivity index (χ1) is 13.2. The highest BCUT2D eigenvalue weighted by Gasteiger charge is 2.14. The minimum Gasteiger partial charge on any atom is -0.283 e. The highest BCUT2D eigenvalue weighted by Crippen LogP contribution is 2.33. The molecule has 0 N–H and O–H groups in total. The number of imidazole rings is 1. The Morgan fingerprint density at radius 3 is 2.56 bits per heavy atom. The minimum atomic E-state index is -0.279. The average molecular weight is 358 g/mol. The van der Waals surface area contributed by atoms with Crippen molar-refractivity contribution >= 4 is 17.2 Å². The maximum atomic E-state index is 13.3. The molecule has 27 heavy (non-hydrogen) atoms. The molecule has 0 saturated carbocycles. The van der Waals surface area contributed by atoms with Crippen LogP contribution in [0.3, 0.4) is 0 Å². The van der Waals surface area contributed by atoms with Crippen molar-refractivity contribution in [3.63, 3.8) is 0 Å². The smallest absolute Gasteiger partial charge is 0.187 e. The number of aryl methyl sites for hydroxylation is 2. The van der Waals surface area contributed by atoms with Gasteiger partial charge in [0.2, 0.25) is 0 Å². The van der Waals surface area contributed by atoms with E-state index in [0.29, 0.717) is 11.5 Å². The third kappa shape index (κ3) is 3.36. The number of azo groups is 1. The molecule has 0 spiro atoms. The number of hydrogen-bond donors (Lipinski definition) is 0. The van der Waals surface area contributed by atoms with Gasteiger partial charge in [-0.2, -0.15) is 0 Å². The summed E-state index contributed by atoms with van der Waals surface area (Å²) in [5, 5.41) is 9.02. The molecule has 0 bridgehead atoms. The SMILES string of the molecule is CCc1ccccc1N=Nc1c(-c2ccc(F)cc2)nc2cc(C)ccn12. The highest BCUT2D eigenvalue weighted by molar-refractivity contribution is 5.74. The standard InChI is InChI=1S/C22H19FN4/c1-3-16-6-4-5-7-19(16)25-26-22-21(17-8-10-18(23)11-9-17)24-20-14-15(2)12-13-27(20)22/h4-14H,3H2,1-2H3. The fourth-order valence-corrected chi connectivity index (χ4v) is 3.04. The number of rotatable bonds is 4. The molecule has 2 aromatic carbocycles. The summed E-state index contributed by atoms with van der Waals surface area (Å²) >= 11 is 0. The van der Waals surface area contributed by atoms with Crippen LogP contribution in [0, 0.1) is 12.7 Å². The Morgan fingerprint density at radius 2 is 1.78 bits per heavy atom. The predicted molar refractivity (Wildman–Crippen MR) is 105 cm³/mol. The molecule has 0 atom stereocenters. The topological polar surface area (TPSA) is 42.0 Å². The Labute approximate surface area is 157 Å². The van der Waals surface area contributed by atoms with Crippen LogP contribution in [0.25, 0.3) is 16.9 Å². The fraction of sp³-hybridized carbons (Fsp3) is 0.136. The van der Waals surface area contributed by atoms with Gasteiger partial charge >= 0.3 is 0 Å². The molecule has 2 aromatic heterocycles. The second-order valence-electron chi connectivity index (χ2n) is 6.41. The average Bonchev–Trinajstić information content (AvgIpc) is 3.04. The van der Waals surface area contributed by atoms with Gasteiger partial charge in [0, 0.05) is 11.8 Å². The van der Waals surface area contributed by atoms with E-state index in [0.717, 1.165) is 34.4 Å². The van der Waals surface area contributed by atoms with Gasteiger partial charge in [-0.15, -0.1) is 10.2 Å². The van der Waals surface area contributed by atoms with E-state index in [1.54, 1.807) is 12.1 Å². The summed E-state index contributed by atoms with van der Waals surface area (Å²) in [4.78, 5) is 4.72. The van der Waals surface area contributed by atoms with E-state index < -0.39 is 0 Å². The Kier molecular flexibility index (Phi) is 4.50. The van der Waals surface area contributed by atoms with Gasteiger partial charge in [0.25, 0.3) is 0 Å². The zero-order chi connectivity index (χ0) is 18.8. The van der Waals surface area contributed by atoms with Crippen LogP contribution in [-0.2, 0) is 6.42 Å². The Bertz CT molecular complexity index is 1130. The van der Waals surface area contributed by atoms with Crippen molar-refractivity contribution in [2.24, 2.45) is 10.2 Å². The Morgan fingerprint density at radius 1 is 1.00 bits per heavy atom. The zero-order valence-electron chi connectivity index (χ0n) is 15.2. The van der Waals surface area contributed by atoms with Gasteiger partial charge in [-0.05, 0) is 66.9 Å². The molecular formula is C22H19FN4. The molecule has 134 valence electrons. The molecule has 0 fully saturated rings. The third-order valence-electron chi connectivity index (χ3n) is 4.50. The van der Waals surface area contributed by atoms with Gasteiger partial charge in [0.15, 0.2) is 5.82 Å². The van der Waals surface area contributed by atoms with Gasteiger partial charge in [-0.1, -0.05) is 25.1 Å². The normalized spacial score (nSPS) is 11.5. The molecule has 0 aliphatic rings. The van der Waals surface area contributed by atoms with Crippen molar-refractivity contribution in [1.82, 2.24) is 9.38 Å². The van der Waals surface area contributed by atoms with E-state index in [-0.39, 0.29) is 5.82 Å². The van der Waals surface area contributed by atoms with E-state index in [1.165, 1.54) is 12.1 Å². The van der Waals surface area contributed by atoms with Crippen LogP contribution in [0.1, 0.15) is 18.1 Å². The first-order valence-electron chi connectivity index (χ1n) is 8.90. The van der Waals surface area contributed by atoms with Gasteiger partial charge in [0.05, 0.1) is 5.69 Å². The lowest BCUT2D eigenvalue weighted by Gasteiger charge is -2.02. The fourth-order valence-electron chi connectivity index (χ4n) is 3.04. The number of pyridine rings is 1. The molecule has 2 heterocycles. The lowest BCUT2D eigenvalue weighted by molar-refractivity contribution is 0.628. The molecule has 4 aromatic rings. The first-order valence-corrected chi connectivity index (χ1v) is 8.90. The molecule has 0 radical (unpaired) electrons. The zero-order valence-corrected chi connectivity index (χ0v) is 15.2. The maximum absolute atomic E-state index is 13.3. The van der Waals surface area contributed by atoms with Crippen LogP contribution in [0.4, 0.5) is 15.9 Å². The van der Waals surface area contributed by atoms with Crippen molar-refractivity contribution in [2.75, 3.05) is 0 Å². The summed E-state index contributed by atoms with van der Waals surface area (Å²) in [5.41, 5.74) is 5.35.